The van der Waals surface area contributed by atoms with E-state index in [0.717, 1.165) is 17.7 Å². The summed E-state index contributed by atoms with van der Waals surface area (Å²) in [7, 11) is 0. The van der Waals surface area contributed by atoms with Crippen LogP contribution in [0.4, 0.5) is 23.7 Å². The molecule has 136 valence electrons. The number of carbonyl (C=O) groups excluding carboxylic acids is 1. The van der Waals surface area contributed by atoms with Gasteiger partial charge in [0.05, 0.1) is 5.56 Å². The Hall–Kier alpha value is -2.06. The maximum Gasteiger partial charge on any atom is 0.416 e. The molecule has 0 fully saturated rings. The number of carbonyl (C=O) groups is 1. The summed E-state index contributed by atoms with van der Waals surface area (Å²) in [5.74, 6) is 0.130. The second-order valence-corrected chi connectivity index (χ2v) is 6.29. The van der Waals surface area contributed by atoms with Crippen molar-refractivity contribution in [2.45, 2.75) is 24.9 Å². The summed E-state index contributed by atoms with van der Waals surface area (Å²) in [6, 6.07) is 5.89. The highest BCUT2D eigenvalue weighted by Gasteiger charge is 2.30. The minimum atomic E-state index is -4.45. The smallest absolute Gasteiger partial charge is 0.396 e. The first kappa shape index (κ1) is 19.3. The van der Waals surface area contributed by atoms with E-state index in [4.69, 9.17) is 5.11 Å². The van der Waals surface area contributed by atoms with Crippen LogP contribution in [0.2, 0.25) is 0 Å². The van der Waals surface area contributed by atoms with Crippen molar-refractivity contribution in [3.8, 4) is 0 Å². The monoisotopic (exact) mass is 372 g/mol. The van der Waals surface area contributed by atoms with E-state index in [1.54, 1.807) is 11.3 Å². The number of benzene rings is 1. The van der Waals surface area contributed by atoms with Crippen molar-refractivity contribution in [2.75, 3.05) is 18.5 Å². The molecule has 0 spiro atoms. The third-order valence-corrected chi connectivity index (χ3v) is 4.42. The molecule has 0 aliphatic heterocycles. The van der Waals surface area contributed by atoms with Crippen LogP contribution < -0.4 is 10.6 Å². The molecule has 0 saturated carbocycles. The van der Waals surface area contributed by atoms with Gasteiger partial charge in [-0.3, -0.25) is 0 Å². The number of hydrogen-bond donors (Lipinski definition) is 3. The molecule has 0 aliphatic carbocycles. The summed E-state index contributed by atoms with van der Waals surface area (Å²) in [5, 5.41) is 18.1. The van der Waals surface area contributed by atoms with E-state index in [0.29, 0.717) is 19.4 Å². The largest absolute Gasteiger partial charge is 0.416 e. The molecule has 8 heteroatoms. The van der Waals surface area contributed by atoms with Crippen molar-refractivity contribution in [1.29, 1.82) is 0 Å². The molecule has 2 rings (SSSR count). The zero-order valence-electron chi connectivity index (χ0n) is 13.3. The van der Waals surface area contributed by atoms with Gasteiger partial charge in [-0.1, -0.05) is 6.07 Å². The summed E-state index contributed by atoms with van der Waals surface area (Å²) in [5.41, 5.74) is 0.377. The highest BCUT2D eigenvalue weighted by Crippen LogP contribution is 2.30. The van der Waals surface area contributed by atoms with Crippen LogP contribution in [0.15, 0.2) is 41.1 Å². The Morgan fingerprint density at radius 3 is 2.68 bits per heavy atom. The van der Waals surface area contributed by atoms with Crippen molar-refractivity contribution in [3.63, 3.8) is 0 Å². The molecule has 0 bridgehead atoms. The molecule has 2 amide bonds. The van der Waals surface area contributed by atoms with Gasteiger partial charge in [-0.25, -0.2) is 4.79 Å². The van der Waals surface area contributed by atoms with Gasteiger partial charge in [-0.05, 0) is 59.3 Å². The van der Waals surface area contributed by atoms with Gasteiger partial charge in [0.15, 0.2) is 0 Å². The fourth-order valence-corrected chi connectivity index (χ4v) is 3.19. The maximum atomic E-state index is 12.7. The Morgan fingerprint density at radius 2 is 2.04 bits per heavy atom. The first-order valence-electron chi connectivity index (χ1n) is 7.75. The SMILES string of the molecule is O=C(NCC[C@H](CCO)c1ccsc1)Nc1cccc(C(F)(F)F)c1. The van der Waals surface area contributed by atoms with E-state index >= 15 is 0 Å². The lowest BCUT2D eigenvalue weighted by Crippen LogP contribution is -2.30. The van der Waals surface area contributed by atoms with E-state index in [9.17, 15) is 18.0 Å². The molecule has 1 atom stereocenters. The lowest BCUT2D eigenvalue weighted by atomic mass is 9.95. The van der Waals surface area contributed by atoms with Crippen LogP contribution in [0, 0.1) is 0 Å². The van der Waals surface area contributed by atoms with Crippen LogP contribution in [-0.4, -0.2) is 24.3 Å². The fourth-order valence-electron chi connectivity index (χ4n) is 2.45. The maximum absolute atomic E-state index is 12.7. The number of hydrogen-bond acceptors (Lipinski definition) is 3. The van der Waals surface area contributed by atoms with Crippen molar-refractivity contribution >= 4 is 23.1 Å². The van der Waals surface area contributed by atoms with E-state index < -0.39 is 17.8 Å². The van der Waals surface area contributed by atoms with Gasteiger partial charge in [-0.15, -0.1) is 0 Å². The summed E-state index contributed by atoms with van der Waals surface area (Å²) < 4.78 is 38.0. The van der Waals surface area contributed by atoms with Gasteiger partial charge in [0, 0.05) is 18.8 Å². The summed E-state index contributed by atoms with van der Waals surface area (Å²) in [6.45, 7) is 0.405. The molecule has 3 N–H and O–H groups in total. The standard InChI is InChI=1S/C17H19F3N2O2S/c18-17(19,20)14-2-1-3-15(10-14)22-16(24)21-7-4-12(5-8-23)13-6-9-25-11-13/h1-3,6,9-12,23H,4-5,7-8H2,(H2,21,22,24)/t12-/m1/s1. The van der Waals surface area contributed by atoms with E-state index in [2.05, 4.69) is 10.6 Å². The van der Waals surface area contributed by atoms with Crippen LogP contribution in [0.3, 0.4) is 0 Å². The second kappa shape index (κ2) is 8.87. The summed E-state index contributed by atoms with van der Waals surface area (Å²) >= 11 is 1.57. The van der Waals surface area contributed by atoms with Crippen molar-refractivity contribution in [3.05, 3.63) is 52.2 Å². The first-order chi connectivity index (χ1) is 11.9. The van der Waals surface area contributed by atoms with Gasteiger partial charge in [-0.2, -0.15) is 24.5 Å². The number of aliphatic hydroxyl groups excluding tert-OH is 1. The minimum absolute atomic E-state index is 0.0525. The highest BCUT2D eigenvalue weighted by atomic mass is 32.1. The number of rotatable bonds is 7. The first-order valence-corrected chi connectivity index (χ1v) is 8.69. The van der Waals surface area contributed by atoms with Crippen LogP contribution in [0.1, 0.15) is 29.9 Å². The third kappa shape index (κ3) is 6.06. The minimum Gasteiger partial charge on any atom is -0.396 e. The zero-order chi connectivity index (χ0) is 18.3. The number of amides is 2. The predicted octanol–water partition coefficient (Wildman–Crippen LogP) is 4.44. The number of alkyl halides is 3. The van der Waals surface area contributed by atoms with Crippen molar-refractivity contribution < 1.29 is 23.1 Å². The van der Waals surface area contributed by atoms with Gasteiger partial charge < -0.3 is 15.7 Å². The lowest BCUT2D eigenvalue weighted by molar-refractivity contribution is -0.137. The summed E-state index contributed by atoms with van der Waals surface area (Å²) in [4.78, 5) is 11.8. The lowest BCUT2D eigenvalue weighted by Gasteiger charge is -2.15. The quantitative estimate of drug-likeness (QED) is 0.673. The van der Waals surface area contributed by atoms with E-state index in [1.807, 2.05) is 16.8 Å². The molecule has 1 aromatic carbocycles. The third-order valence-electron chi connectivity index (χ3n) is 3.72. The Balaban J connectivity index is 1.84. The number of halogens is 3. The van der Waals surface area contributed by atoms with Crippen molar-refractivity contribution in [2.24, 2.45) is 0 Å². The van der Waals surface area contributed by atoms with E-state index in [1.165, 1.54) is 12.1 Å². The summed E-state index contributed by atoms with van der Waals surface area (Å²) in [6.07, 6.45) is -3.23. The Labute approximate surface area is 147 Å². The number of nitrogens with one attached hydrogen (secondary N) is 2. The number of urea groups is 1. The molecule has 1 aromatic heterocycles. The average molecular weight is 372 g/mol. The number of aliphatic hydroxyl groups is 1. The van der Waals surface area contributed by atoms with Gasteiger partial charge >= 0.3 is 12.2 Å². The molecule has 2 aromatic rings. The van der Waals surface area contributed by atoms with Gasteiger partial charge in [0.25, 0.3) is 0 Å². The molecule has 0 saturated heterocycles. The Kier molecular flexibility index (Phi) is 6.83. The van der Waals surface area contributed by atoms with Crippen LogP contribution >= 0.6 is 11.3 Å². The van der Waals surface area contributed by atoms with Gasteiger partial charge in [0.1, 0.15) is 0 Å². The Bertz CT molecular complexity index is 675. The van der Waals surface area contributed by atoms with Crippen molar-refractivity contribution in [1.82, 2.24) is 5.32 Å². The molecule has 25 heavy (non-hydrogen) atoms. The topological polar surface area (TPSA) is 61.4 Å². The normalized spacial score (nSPS) is 12.6. The zero-order valence-corrected chi connectivity index (χ0v) is 14.2. The number of thiophene rings is 1. The molecule has 1 heterocycles. The predicted molar refractivity (Wildman–Crippen MR) is 91.8 cm³/mol. The van der Waals surface area contributed by atoms with Crippen LogP contribution in [-0.2, 0) is 6.18 Å². The van der Waals surface area contributed by atoms with Crippen LogP contribution in [0.25, 0.3) is 0 Å². The highest BCUT2D eigenvalue weighted by molar-refractivity contribution is 7.07. The fraction of sp³-hybridized carbons (Fsp3) is 0.353. The second-order valence-electron chi connectivity index (χ2n) is 5.51. The van der Waals surface area contributed by atoms with E-state index in [-0.39, 0.29) is 18.2 Å². The molecular formula is C17H19F3N2O2S. The molecule has 0 aliphatic rings. The molecular weight excluding hydrogens is 353 g/mol. The number of anilines is 1. The van der Waals surface area contributed by atoms with Gasteiger partial charge in [0.2, 0.25) is 0 Å². The average Bonchev–Trinajstić information content (AvgIpc) is 3.08. The molecule has 0 radical (unpaired) electrons. The molecule has 0 unspecified atom stereocenters. The molecule has 4 nitrogen and oxygen atoms in total. The van der Waals surface area contributed by atoms with Crippen LogP contribution in [0.5, 0.6) is 0 Å². The Morgan fingerprint density at radius 1 is 1.24 bits per heavy atom.